The maximum Gasteiger partial charge on any atom is 0.243 e. The Kier molecular flexibility index (Phi) is 5.14. The van der Waals surface area contributed by atoms with Crippen molar-refractivity contribution in [2.45, 2.75) is 11.8 Å². The molecular weight excluding hydrogens is 312 g/mol. The molecule has 2 aromatic carbocycles. The Balaban J connectivity index is 2.14. The summed E-state index contributed by atoms with van der Waals surface area (Å²) in [6, 6.07) is 17.1. The molecule has 0 saturated heterocycles. The zero-order chi connectivity index (χ0) is 16.9. The quantitative estimate of drug-likeness (QED) is 0.909. The van der Waals surface area contributed by atoms with Crippen LogP contribution in [0.25, 0.3) is 0 Å². The van der Waals surface area contributed by atoms with Gasteiger partial charge in [0.05, 0.1) is 11.6 Å². The molecule has 0 aromatic heterocycles. The molecule has 1 amide bonds. The smallest absolute Gasteiger partial charge is 0.243 e. The van der Waals surface area contributed by atoms with E-state index in [9.17, 15) is 13.2 Å². The number of hydrogen-bond acceptors (Lipinski definition) is 4. The summed E-state index contributed by atoms with van der Waals surface area (Å²) in [6.45, 7) is 0.198. The molecule has 0 spiro atoms. The zero-order valence-electron chi connectivity index (χ0n) is 12.6. The Hall–Kier alpha value is -2.65. The first-order valence-corrected chi connectivity index (χ1v) is 8.88. The fraction of sp³-hybridized carbons (Fsp3) is 0.176. The maximum absolute atomic E-state index is 12.3. The van der Waals surface area contributed by atoms with Crippen molar-refractivity contribution in [2.24, 2.45) is 0 Å². The second-order valence-corrected chi connectivity index (χ2v) is 7.28. The van der Waals surface area contributed by atoms with Crippen LogP contribution in [0.15, 0.2) is 54.6 Å². The van der Waals surface area contributed by atoms with Crippen LogP contribution >= 0.6 is 0 Å². The minimum absolute atomic E-state index is 0.198. The Morgan fingerprint density at radius 2 is 1.74 bits per heavy atom. The lowest BCUT2D eigenvalue weighted by Gasteiger charge is -2.15. The zero-order valence-corrected chi connectivity index (χ0v) is 13.4. The Labute approximate surface area is 135 Å². The van der Waals surface area contributed by atoms with Crippen molar-refractivity contribution in [1.82, 2.24) is 5.32 Å². The predicted molar refractivity (Wildman–Crippen MR) is 87.0 cm³/mol. The predicted octanol–water partition coefficient (Wildman–Crippen LogP) is 1.96. The number of benzene rings is 2. The summed E-state index contributed by atoms with van der Waals surface area (Å²) in [5.74, 6) is -0.567. The molecule has 0 unspecified atom stereocenters. The fourth-order valence-corrected chi connectivity index (χ4v) is 3.32. The highest BCUT2D eigenvalue weighted by Crippen LogP contribution is 2.21. The van der Waals surface area contributed by atoms with Gasteiger partial charge in [0.1, 0.15) is 0 Å². The normalized spacial score (nSPS) is 12.2. The molecule has 0 bridgehead atoms. The van der Waals surface area contributed by atoms with Gasteiger partial charge in [-0.3, -0.25) is 4.79 Å². The van der Waals surface area contributed by atoms with Crippen molar-refractivity contribution >= 4 is 15.7 Å². The van der Waals surface area contributed by atoms with Crippen molar-refractivity contribution in [3.63, 3.8) is 0 Å². The fourth-order valence-electron chi connectivity index (χ4n) is 2.20. The first-order valence-electron chi connectivity index (χ1n) is 6.92. The van der Waals surface area contributed by atoms with E-state index in [1.807, 2.05) is 6.07 Å². The number of nitriles is 1. The average Bonchev–Trinajstić information content (AvgIpc) is 2.53. The van der Waals surface area contributed by atoms with Gasteiger partial charge >= 0.3 is 0 Å². The second kappa shape index (κ2) is 7.07. The van der Waals surface area contributed by atoms with Crippen molar-refractivity contribution in [1.29, 1.82) is 5.26 Å². The second-order valence-electron chi connectivity index (χ2n) is 5.15. The molecule has 118 valence electrons. The van der Waals surface area contributed by atoms with Crippen LogP contribution in [0.4, 0.5) is 0 Å². The lowest BCUT2D eigenvalue weighted by atomic mass is 10.1. The largest absolute Gasteiger partial charge is 0.351 e. The summed E-state index contributed by atoms with van der Waals surface area (Å²) in [5, 5.41) is 10.2. The molecule has 2 rings (SSSR count). The van der Waals surface area contributed by atoms with Gasteiger partial charge in [-0.15, -0.1) is 0 Å². The van der Waals surface area contributed by atoms with E-state index in [0.29, 0.717) is 11.1 Å². The van der Waals surface area contributed by atoms with Crippen LogP contribution < -0.4 is 5.32 Å². The minimum Gasteiger partial charge on any atom is -0.351 e. The first-order chi connectivity index (χ1) is 10.9. The highest BCUT2D eigenvalue weighted by molar-refractivity contribution is 7.91. The van der Waals surface area contributed by atoms with Crippen LogP contribution in [0.3, 0.4) is 0 Å². The van der Waals surface area contributed by atoms with Gasteiger partial charge in [0.2, 0.25) is 5.91 Å². The molecule has 23 heavy (non-hydrogen) atoms. The van der Waals surface area contributed by atoms with Crippen molar-refractivity contribution in [3.8, 4) is 6.07 Å². The van der Waals surface area contributed by atoms with Gasteiger partial charge in [0, 0.05) is 12.8 Å². The topological polar surface area (TPSA) is 87.0 Å². The molecule has 0 saturated carbocycles. The third-order valence-corrected chi connectivity index (χ3v) is 4.66. The Morgan fingerprint density at radius 1 is 1.13 bits per heavy atom. The van der Waals surface area contributed by atoms with Crippen molar-refractivity contribution < 1.29 is 13.2 Å². The van der Waals surface area contributed by atoms with Crippen LogP contribution in [0.5, 0.6) is 0 Å². The molecule has 1 N–H and O–H groups in total. The number of nitrogens with zero attached hydrogens (tertiary/aromatic N) is 1. The first kappa shape index (κ1) is 16.7. The lowest BCUT2D eigenvalue weighted by Crippen LogP contribution is -2.33. The Morgan fingerprint density at radius 3 is 2.26 bits per heavy atom. The standard InChI is InChI=1S/C17H16N2O3S/c1-23(21,22)16(15-5-3-2-4-6-15)17(20)19-12-14-9-7-13(11-18)8-10-14/h2-10,16H,12H2,1H3,(H,19,20)/t16-/m0/s1. The van der Waals surface area contributed by atoms with E-state index >= 15 is 0 Å². The van der Waals surface area contributed by atoms with Crippen molar-refractivity contribution in [2.75, 3.05) is 6.26 Å². The van der Waals surface area contributed by atoms with E-state index in [1.54, 1.807) is 54.6 Å². The van der Waals surface area contributed by atoms with Gasteiger partial charge in [-0.25, -0.2) is 8.42 Å². The molecule has 0 aliphatic rings. The van der Waals surface area contributed by atoms with E-state index in [-0.39, 0.29) is 6.54 Å². The SMILES string of the molecule is CS(=O)(=O)[C@H](C(=O)NCc1ccc(C#N)cc1)c1ccccc1. The lowest BCUT2D eigenvalue weighted by molar-refractivity contribution is -0.120. The summed E-state index contributed by atoms with van der Waals surface area (Å²) in [5.41, 5.74) is 1.75. The van der Waals surface area contributed by atoms with E-state index in [1.165, 1.54) is 0 Å². The van der Waals surface area contributed by atoms with E-state index in [4.69, 9.17) is 5.26 Å². The molecule has 0 radical (unpaired) electrons. The van der Waals surface area contributed by atoms with Gasteiger partial charge in [-0.05, 0) is 23.3 Å². The third-order valence-electron chi connectivity index (χ3n) is 3.32. The highest BCUT2D eigenvalue weighted by Gasteiger charge is 2.30. The van der Waals surface area contributed by atoms with Crippen molar-refractivity contribution in [3.05, 3.63) is 71.3 Å². The summed E-state index contributed by atoms with van der Waals surface area (Å²) in [4.78, 5) is 12.3. The van der Waals surface area contributed by atoms with Crippen LogP contribution in [0.2, 0.25) is 0 Å². The molecule has 0 fully saturated rings. The molecular formula is C17H16N2O3S. The molecule has 1 atom stereocenters. The number of carbonyl (C=O) groups is 1. The van der Waals surface area contributed by atoms with E-state index < -0.39 is 21.0 Å². The van der Waals surface area contributed by atoms with Gasteiger partial charge in [0.15, 0.2) is 15.1 Å². The van der Waals surface area contributed by atoms with Crippen LogP contribution in [-0.4, -0.2) is 20.6 Å². The summed E-state index contributed by atoms with van der Waals surface area (Å²) < 4.78 is 23.9. The molecule has 0 aliphatic heterocycles. The number of hydrogen-bond donors (Lipinski definition) is 1. The maximum atomic E-state index is 12.3. The summed E-state index contributed by atoms with van der Waals surface area (Å²) >= 11 is 0. The van der Waals surface area contributed by atoms with Gasteiger partial charge in [-0.1, -0.05) is 42.5 Å². The van der Waals surface area contributed by atoms with Gasteiger partial charge in [0.25, 0.3) is 0 Å². The van der Waals surface area contributed by atoms with Gasteiger partial charge in [-0.2, -0.15) is 5.26 Å². The number of rotatable bonds is 5. The number of nitrogens with one attached hydrogen (secondary N) is 1. The average molecular weight is 328 g/mol. The highest BCUT2D eigenvalue weighted by atomic mass is 32.2. The summed E-state index contributed by atoms with van der Waals surface area (Å²) in [6.07, 6.45) is 1.05. The van der Waals surface area contributed by atoms with Crippen LogP contribution in [-0.2, 0) is 21.2 Å². The monoisotopic (exact) mass is 328 g/mol. The van der Waals surface area contributed by atoms with E-state index in [0.717, 1.165) is 11.8 Å². The molecule has 2 aromatic rings. The molecule has 5 nitrogen and oxygen atoms in total. The van der Waals surface area contributed by atoms with Gasteiger partial charge < -0.3 is 5.32 Å². The summed E-state index contributed by atoms with van der Waals surface area (Å²) in [7, 11) is -3.59. The molecule has 6 heteroatoms. The number of amides is 1. The number of sulfone groups is 1. The third kappa shape index (κ3) is 4.41. The Bertz CT molecular complexity index is 822. The van der Waals surface area contributed by atoms with Crippen LogP contribution in [0, 0.1) is 11.3 Å². The van der Waals surface area contributed by atoms with Crippen LogP contribution in [0.1, 0.15) is 21.9 Å². The van der Waals surface area contributed by atoms with E-state index in [2.05, 4.69) is 5.32 Å². The molecule has 0 aliphatic carbocycles. The minimum atomic E-state index is -3.59. The molecule has 0 heterocycles. The number of carbonyl (C=O) groups excluding carboxylic acids is 1.